The fraction of sp³-hybridized carbons (Fsp3) is 0.0455. The summed E-state index contributed by atoms with van der Waals surface area (Å²) in [4.78, 5) is 14.3. The SMILES string of the molecule is O=C1C(=Cc2ccccc2OCc2ccccc2)Sc2ccccc21. The van der Waals surface area contributed by atoms with Gasteiger partial charge in [-0.3, -0.25) is 4.79 Å². The highest BCUT2D eigenvalue weighted by molar-refractivity contribution is 8.04. The molecule has 4 rings (SSSR count). The lowest BCUT2D eigenvalue weighted by Crippen LogP contribution is -1.97. The van der Waals surface area contributed by atoms with Crippen LogP contribution >= 0.6 is 11.8 Å². The molecule has 0 unspecified atom stereocenters. The molecule has 0 N–H and O–H groups in total. The van der Waals surface area contributed by atoms with E-state index in [-0.39, 0.29) is 5.78 Å². The van der Waals surface area contributed by atoms with Crippen LogP contribution in [0.25, 0.3) is 6.08 Å². The maximum absolute atomic E-state index is 12.6. The highest BCUT2D eigenvalue weighted by Gasteiger charge is 2.25. The second kappa shape index (κ2) is 6.99. The van der Waals surface area contributed by atoms with Crippen molar-refractivity contribution in [3.05, 3.63) is 100 Å². The van der Waals surface area contributed by atoms with Crippen molar-refractivity contribution in [2.75, 3.05) is 0 Å². The summed E-state index contributed by atoms with van der Waals surface area (Å²) >= 11 is 1.52. The number of allylic oxidation sites excluding steroid dienone is 1. The maximum atomic E-state index is 12.6. The van der Waals surface area contributed by atoms with E-state index in [0.717, 1.165) is 32.2 Å². The number of hydrogen-bond donors (Lipinski definition) is 0. The number of ether oxygens (including phenoxy) is 1. The zero-order valence-corrected chi connectivity index (χ0v) is 14.3. The van der Waals surface area contributed by atoms with Crippen LogP contribution in [0.1, 0.15) is 21.5 Å². The number of ketones is 1. The second-order valence-electron chi connectivity index (χ2n) is 5.75. The standard InChI is InChI=1S/C22H16O2S/c23-22-18-11-5-7-13-20(18)25-21(22)14-17-10-4-6-12-19(17)24-15-16-8-2-1-3-9-16/h1-14H,15H2. The Hall–Kier alpha value is -2.78. The Morgan fingerprint density at radius 1 is 0.840 bits per heavy atom. The first-order chi connectivity index (χ1) is 12.3. The van der Waals surface area contributed by atoms with Crippen LogP contribution in [0.3, 0.4) is 0 Å². The summed E-state index contributed by atoms with van der Waals surface area (Å²) in [7, 11) is 0. The minimum atomic E-state index is 0.0819. The molecule has 25 heavy (non-hydrogen) atoms. The van der Waals surface area contributed by atoms with E-state index >= 15 is 0 Å². The molecule has 2 nitrogen and oxygen atoms in total. The minimum Gasteiger partial charge on any atom is -0.488 e. The number of Topliss-reactive ketones (excluding diaryl/α,β-unsaturated/α-hetero) is 1. The van der Waals surface area contributed by atoms with E-state index in [1.54, 1.807) is 0 Å². The monoisotopic (exact) mass is 344 g/mol. The number of rotatable bonds is 4. The molecule has 3 aromatic rings. The van der Waals surface area contributed by atoms with Gasteiger partial charge in [-0.25, -0.2) is 0 Å². The van der Waals surface area contributed by atoms with Crippen molar-refractivity contribution in [3.63, 3.8) is 0 Å². The van der Waals surface area contributed by atoms with Crippen LogP contribution in [0.2, 0.25) is 0 Å². The van der Waals surface area contributed by atoms with Gasteiger partial charge >= 0.3 is 0 Å². The lowest BCUT2D eigenvalue weighted by Gasteiger charge is -2.09. The van der Waals surface area contributed by atoms with Crippen LogP contribution in [-0.2, 0) is 6.61 Å². The van der Waals surface area contributed by atoms with E-state index in [2.05, 4.69) is 0 Å². The van der Waals surface area contributed by atoms with Gasteiger partial charge in [0.15, 0.2) is 0 Å². The average molecular weight is 344 g/mol. The molecule has 0 saturated carbocycles. The van der Waals surface area contributed by atoms with Crippen molar-refractivity contribution in [2.24, 2.45) is 0 Å². The highest BCUT2D eigenvalue weighted by atomic mass is 32.2. The van der Waals surface area contributed by atoms with Gasteiger partial charge in [0.25, 0.3) is 0 Å². The summed E-state index contributed by atoms with van der Waals surface area (Å²) in [5.74, 6) is 0.863. The molecule has 1 heterocycles. The Labute approximate surface area is 151 Å². The summed E-state index contributed by atoms with van der Waals surface area (Å²) in [5.41, 5.74) is 2.81. The lowest BCUT2D eigenvalue weighted by atomic mass is 10.1. The number of carbonyl (C=O) groups is 1. The molecule has 0 aliphatic carbocycles. The molecule has 122 valence electrons. The average Bonchev–Trinajstić information content (AvgIpc) is 2.98. The van der Waals surface area contributed by atoms with Crippen molar-refractivity contribution in [3.8, 4) is 5.75 Å². The number of para-hydroxylation sites is 1. The fourth-order valence-corrected chi connectivity index (χ4v) is 3.79. The zero-order chi connectivity index (χ0) is 17.1. The molecular weight excluding hydrogens is 328 g/mol. The Morgan fingerprint density at radius 3 is 2.40 bits per heavy atom. The highest BCUT2D eigenvalue weighted by Crippen LogP contribution is 2.41. The van der Waals surface area contributed by atoms with Gasteiger partial charge in [0.2, 0.25) is 5.78 Å². The van der Waals surface area contributed by atoms with Crippen LogP contribution in [0.5, 0.6) is 5.75 Å². The third-order valence-electron chi connectivity index (χ3n) is 4.02. The molecule has 0 amide bonds. The van der Waals surface area contributed by atoms with Gasteiger partial charge in [-0.05, 0) is 29.8 Å². The predicted molar refractivity (Wildman–Crippen MR) is 102 cm³/mol. The smallest absolute Gasteiger partial charge is 0.200 e. The first-order valence-electron chi connectivity index (χ1n) is 8.10. The van der Waals surface area contributed by atoms with Crippen molar-refractivity contribution in [1.82, 2.24) is 0 Å². The zero-order valence-electron chi connectivity index (χ0n) is 13.5. The predicted octanol–water partition coefficient (Wildman–Crippen LogP) is 5.60. The number of fused-ring (bicyclic) bond motifs is 1. The normalized spacial score (nSPS) is 14.6. The second-order valence-corrected chi connectivity index (χ2v) is 6.83. The van der Waals surface area contributed by atoms with Gasteiger partial charge in [0.1, 0.15) is 12.4 Å². The number of carbonyl (C=O) groups excluding carboxylic acids is 1. The fourth-order valence-electron chi connectivity index (χ4n) is 2.74. The molecule has 0 saturated heterocycles. The number of benzene rings is 3. The van der Waals surface area contributed by atoms with Crippen molar-refractivity contribution >= 4 is 23.6 Å². The van der Waals surface area contributed by atoms with Gasteiger partial charge in [-0.15, -0.1) is 0 Å². The third-order valence-corrected chi connectivity index (χ3v) is 5.12. The summed E-state index contributed by atoms with van der Waals surface area (Å²) in [6.45, 7) is 0.502. The van der Waals surface area contributed by atoms with Crippen LogP contribution in [-0.4, -0.2) is 5.78 Å². The van der Waals surface area contributed by atoms with Crippen LogP contribution in [0.4, 0.5) is 0 Å². The van der Waals surface area contributed by atoms with Crippen molar-refractivity contribution in [2.45, 2.75) is 11.5 Å². The molecule has 0 atom stereocenters. The van der Waals surface area contributed by atoms with Gasteiger partial charge < -0.3 is 4.74 Å². The minimum absolute atomic E-state index is 0.0819. The Morgan fingerprint density at radius 2 is 1.56 bits per heavy atom. The quantitative estimate of drug-likeness (QED) is 0.577. The maximum Gasteiger partial charge on any atom is 0.200 e. The molecule has 1 aliphatic rings. The van der Waals surface area contributed by atoms with Gasteiger partial charge in [-0.2, -0.15) is 0 Å². The van der Waals surface area contributed by atoms with E-state index in [1.165, 1.54) is 11.8 Å². The van der Waals surface area contributed by atoms with E-state index in [1.807, 2.05) is 84.9 Å². The van der Waals surface area contributed by atoms with Crippen molar-refractivity contribution in [1.29, 1.82) is 0 Å². The summed E-state index contributed by atoms with van der Waals surface area (Å²) in [6, 6.07) is 25.6. The molecule has 0 spiro atoms. The summed E-state index contributed by atoms with van der Waals surface area (Å²) < 4.78 is 5.98. The molecule has 0 radical (unpaired) electrons. The number of thioether (sulfide) groups is 1. The van der Waals surface area contributed by atoms with E-state index < -0.39 is 0 Å². The molecule has 0 aromatic heterocycles. The molecular formula is C22H16O2S. The number of hydrogen-bond acceptors (Lipinski definition) is 3. The van der Waals surface area contributed by atoms with E-state index in [4.69, 9.17) is 4.74 Å². The molecule has 0 fully saturated rings. The van der Waals surface area contributed by atoms with E-state index in [0.29, 0.717) is 6.61 Å². The largest absolute Gasteiger partial charge is 0.488 e. The van der Waals surface area contributed by atoms with Gasteiger partial charge in [-0.1, -0.05) is 72.4 Å². The molecule has 3 heteroatoms. The third kappa shape index (κ3) is 3.37. The Balaban J connectivity index is 1.59. The van der Waals surface area contributed by atoms with Gasteiger partial charge in [0.05, 0.1) is 4.91 Å². The van der Waals surface area contributed by atoms with Crippen LogP contribution in [0, 0.1) is 0 Å². The Bertz CT molecular complexity index is 945. The Kier molecular flexibility index (Phi) is 4.40. The summed E-state index contributed by atoms with van der Waals surface area (Å²) in [5, 5.41) is 0. The first-order valence-corrected chi connectivity index (χ1v) is 8.92. The lowest BCUT2D eigenvalue weighted by molar-refractivity contribution is 0.104. The first kappa shape index (κ1) is 15.7. The molecule has 0 bridgehead atoms. The molecule has 3 aromatic carbocycles. The summed E-state index contributed by atoms with van der Waals surface area (Å²) in [6.07, 6.45) is 1.92. The van der Waals surface area contributed by atoms with Crippen LogP contribution < -0.4 is 4.74 Å². The van der Waals surface area contributed by atoms with Crippen LogP contribution in [0.15, 0.2) is 88.7 Å². The van der Waals surface area contributed by atoms with Gasteiger partial charge in [0, 0.05) is 16.0 Å². The van der Waals surface area contributed by atoms with E-state index in [9.17, 15) is 4.79 Å². The topological polar surface area (TPSA) is 26.3 Å². The van der Waals surface area contributed by atoms with Crippen molar-refractivity contribution < 1.29 is 9.53 Å². The molecule has 1 aliphatic heterocycles.